The molecule has 4 rings (SSSR count). The molecule has 3 N–H and O–H groups in total. The zero-order valence-corrected chi connectivity index (χ0v) is 20.2. The first-order valence-electron chi connectivity index (χ1n) is 10.7. The lowest BCUT2D eigenvalue weighted by Gasteiger charge is -2.16. The summed E-state index contributed by atoms with van der Waals surface area (Å²) in [6, 6.07) is 13.1. The van der Waals surface area contributed by atoms with E-state index in [1.54, 1.807) is 37.0 Å². The van der Waals surface area contributed by atoms with E-state index in [2.05, 4.69) is 27.4 Å². The highest BCUT2D eigenvalue weighted by Crippen LogP contribution is 2.29. The minimum atomic E-state index is -0.237. The summed E-state index contributed by atoms with van der Waals surface area (Å²) in [5.41, 5.74) is 3.96. The van der Waals surface area contributed by atoms with Gasteiger partial charge in [-0.25, -0.2) is 4.98 Å². The Morgan fingerprint density at radius 2 is 2.00 bits per heavy atom. The monoisotopic (exact) mass is 478 g/mol. The molecule has 2 heterocycles. The summed E-state index contributed by atoms with van der Waals surface area (Å²) < 4.78 is 12.4. The molecule has 0 unspecified atom stereocenters. The van der Waals surface area contributed by atoms with E-state index >= 15 is 0 Å². The Hall–Kier alpha value is -3.79. The highest BCUT2D eigenvalue weighted by Gasteiger charge is 2.18. The Labute approximate surface area is 201 Å². The quantitative estimate of drug-likeness (QED) is 0.262. The lowest BCUT2D eigenvalue weighted by Crippen LogP contribution is -2.24. The van der Waals surface area contributed by atoms with Crippen LogP contribution in [0.2, 0.25) is 0 Å². The molecule has 0 spiro atoms. The van der Waals surface area contributed by atoms with Gasteiger partial charge in [0, 0.05) is 11.8 Å². The normalized spacial score (nSPS) is 10.9. The molecule has 0 saturated carbocycles. The highest BCUT2D eigenvalue weighted by molar-refractivity contribution is 7.99. The number of methoxy groups -OCH3 is 2. The van der Waals surface area contributed by atoms with Crippen molar-refractivity contribution in [2.75, 3.05) is 25.3 Å². The van der Waals surface area contributed by atoms with Crippen molar-refractivity contribution >= 4 is 34.4 Å². The molecule has 4 aromatic rings. The summed E-state index contributed by atoms with van der Waals surface area (Å²) in [6.07, 6.45) is 0.797. The number of carbonyl (C=O) groups excluding carboxylic acids is 1. The van der Waals surface area contributed by atoms with Crippen molar-refractivity contribution in [2.24, 2.45) is 0 Å². The third-order valence-electron chi connectivity index (χ3n) is 5.41. The number of hydrogen-bond donors (Lipinski definition) is 3. The molecule has 0 bridgehead atoms. The largest absolute Gasteiger partial charge is 0.497 e. The van der Waals surface area contributed by atoms with Crippen LogP contribution in [-0.2, 0) is 11.2 Å². The molecule has 0 aliphatic carbocycles. The Morgan fingerprint density at radius 3 is 2.74 bits per heavy atom. The van der Waals surface area contributed by atoms with Gasteiger partial charge in [-0.3, -0.25) is 19.9 Å². The summed E-state index contributed by atoms with van der Waals surface area (Å²) in [4.78, 5) is 17.5. The van der Waals surface area contributed by atoms with Gasteiger partial charge in [0.25, 0.3) is 0 Å². The average molecular weight is 479 g/mol. The van der Waals surface area contributed by atoms with E-state index in [4.69, 9.17) is 14.9 Å². The van der Waals surface area contributed by atoms with Crippen LogP contribution in [0, 0.1) is 12.3 Å². The molecule has 1 amide bonds. The summed E-state index contributed by atoms with van der Waals surface area (Å²) in [5.74, 6) is 0.984. The zero-order chi connectivity index (χ0) is 24.2. The first-order valence-corrected chi connectivity index (χ1v) is 11.7. The van der Waals surface area contributed by atoms with Gasteiger partial charge in [-0.1, -0.05) is 36.9 Å². The van der Waals surface area contributed by atoms with Gasteiger partial charge in [0.1, 0.15) is 17.0 Å². The Morgan fingerprint density at radius 1 is 1.21 bits per heavy atom. The average Bonchev–Trinajstić information content (AvgIpc) is 3.23. The number of aryl methyl sites for hydroxylation is 2. The molecular weight excluding hydrogens is 452 g/mol. The minimum Gasteiger partial charge on any atom is -0.497 e. The number of rotatable bonds is 8. The van der Waals surface area contributed by atoms with Gasteiger partial charge < -0.3 is 14.8 Å². The summed E-state index contributed by atoms with van der Waals surface area (Å²) in [6.45, 7) is 3.94. The SMILES string of the molecule is CCc1ccccc1-n1c(SCC(=O)Nc2cc(OC)ccc2OC)nc2n[nH]c(C)c2c1=N. The number of nitrogens with zero attached hydrogens (tertiary/aromatic N) is 3. The second-order valence-corrected chi connectivity index (χ2v) is 8.45. The van der Waals surface area contributed by atoms with Crippen molar-refractivity contribution in [1.29, 1.82) is 5.41 Å². The van der Waals surface area contributed by atoms with Gasteiger partial charge in [0.2, 0.25) is 5.91 Å². The molecule has 0 atom stereocenters. The van der Waals surface area contributed by atoms with Crippen molar-refractivity contribution in [3.05, 3.63) is 59.2 Å². The van der Waals surface area contributed by atoms with Crippen LogP contribution in [-0.4, -0.2) is 45.6 Å². The maximum Gasteiger partial charge on any atom is 0.234 e. The lowest BCUT2D eigenvalue weighted by atomic mass is 10.1. The molecule has 9 nitrogen and oxygen atoms in total. The number of benzene rings is 2. The van der Waals surface area contributed by atoms with Crippen LogP contribution in [0.25, 0.3) is 16.7 Å². The number of thioether (sulfide) groups is 1. The summed E-state index contributed by atoms with van der Waals surface area (Å²) in [5, 5.41) is 20.1. The molecule has 0 aliphatic rings. The van der Waals surface area contributed by atoms with Crippen LogP contribution in [0.3, 0.4) is 0 Å². The second-order valence-electron chi connectivity index (χ2n) is 7.51. The molecule has 0 fully saturated rings. The van der Waals surface area contributed by atoms with Gasteiger partial charge in [-0.2, -0.15) is 5.10 Å². The number of ether oxygens (including phenoxy) is 2. The molecule has 10 heteroatoms. The molecule has 176 valence electrons. The van der Waals surface area contributed by atoms with Crippen LogP contribution in [0.1, 0.15) is 18.2 Å². The first kappa shape index (κ1) is 23.4. The zero-order valence-electron chi connectivity index (χ0n) is 19.4. The van der Waals surface area contributed by atoms with Gasteiger partial charge in [-0.05, 0) is 37.1 Å². The predicted octanol–water partition coefficient (Wildman–Crippen LogP) is 3.85. The van der Waals surface area contributed by atoms with Crippen LogP contribution < -0.4 is 20.3 Å². The number of aromatic nitrogens is 4. The number of H-pyrrole nitrogens is 1. The predicted molar refractivity (Wildman–Crippen MR) is 132 cm³/mol. The van der Waals surface area contributed by atoms with Crippen molar-refractivity contribution < 1.29 is 14.3 Å². The molecular formula is C24H26N6O3S. The molecule has 2 aromatic carbocycles. The number of hydrogen-bond acceptors (Lipinski definition) is 7. The van der Waals surface area contributed by atoms with Gasteiger partial charge >= 0.3 is 0 Å². The maximum absolute atomic E-state index is 12.8. The highest BCUT2D eigenvalue weighted by atomic mass is 32.2. The molecule has 0 aliphatic heterocycles. The summed E-state index contributed by atoms with van der Waals surface area (Å²) >= 11 is 1.24. The van der Waals surface area contributed by atoms with Gasteiger partial charge in [-0.15, -0.1) is 0 Å². The second kappa shape index (κ2) is 10.0. The number of nitrogens with one attached hydrogen (secondary N) is 3. The third-order valence-corrected chi connectivity index (χ3v) is 6.35. The van der Waals surface area contributed by atoms with Gasteiger partial charge in [0.15, 0.2) is 10.8 Å². The van der Waals surface area contributed by atoms with E-state index in [0.717, 1.165) is 23.4 Å². The Balaban J connectivity index is 1.69. The van der Waals surface area contributed by atoms with E-state index in [-0.39, 0.29) is 17.1 Å². The van der Waals surface area contributed by atoms with E-state index in [1.807, 2.05) is 31.2 Å². The molecule has 2 aromatic heterocycles. The van der Waals surface area contributed by atoms with Crippen molar-refractivity contribution in [1.82, 2.24) is 19.7 Å². The molecule has 0 saturated heterocycles. The van der Waals surface area contributed by atoms with Gasteiger partial charge in [0.05, 0.1) is 36.7 Å². The fourth-order valence-electron chi connectivity index (χ4n) is 3.71. The Kier molecular flexibility index (Phi) is 6.87. The van der Waals surface area contributed by atoms with E-state index in [1.165, 1.54) is 11.8 Å². The maximum atomic E-state index is 12.8. The van der Waals surface area contributed by atoms with Crippen LogP contribution >= 0.6 is 11.8 Å². The van der Waals surface area contributed by atoms with Crippen molar-refractivity contribution in [2.45, 2.75) is 25.4 Å². The smallest absolute Gasteiger partial charge is 0.234 e. The first-order chi connectivity index (χ1) is 16.5. The minimum absolute atomic E-state index is 0.0794. The van der Waals surface area contributed by atoms with E-state index in [9.17, 15) is 4.79 Å². The lowest BCUT2D eigenvalue weighted by molar-refractivity contribution is -0.113. The number of aromatic amines is 1. The number of carbonyl (C=O) groups is 1. The standard InChI is InChI=1S/C24H26N6O3S/c1-5-15-8-6-7-9-18(15)30-22(25)21-14(2)28-29-23(21)27-24(30)34-13-20(31)26-17-12-16(32-3)10-11-19(17)33-4/h6-12,25H,5,13H2,1-4H3,(H,26,31)(H,28,29). The fourth-order valence-corrected chi connectivity index (χ4v) is 4.51. The van der Waals surface area contributed by atoms with Crippen molar-refractivity contribution in [3.8, 4) is 17.2 Å². The Bertz CT molecular complexity index is 1410. The van der Waals surface area contributed by atoms with Crippen molar-refractivity contribution in [3.63, 3.8) is 0 Å². The molecule has 34 heavy (non-hydrogen) atoms. The number of para-hydroxylation sites is 1. The van der Waals surface area contributed by atoms with E-state index in [0.29, 0.717) is 33.4 Å². The number of fused-ring (bicyclic) bond motifs is 1. The van der Waals surface area contributed by atoms with Crippen LogP contribution in [0.4, 0.5) is 5.69 Å². The number of anilines is 1. The topological polar surface area (TPSA) is 118 Å². The molecule has 0 radical (unpaired) electrons. The van der Waals surface area contributed by atoms with Crippen LogP contribution in [0.15, 0.2) is 47.6 Å². The fraction of sp³-hybridized carbons (Fsp3) is 0.250. The third kappa shape index (κ3) is 4.49. The van der Waals surface area contributed by atoms with Crippen LogP contribution in [0.5, 0.6) is 11.5 Å². The number of amides is 1. The van der Waals surface area contributed by atoms with E-state index < -0.39 is 0 Å². The summed E-state index contributed by atoms with van der Waals surface area (Å²) in [7, 11) is 3.11.